The van der Waals surface area contributed by atoms with Crippen LogP contribution < -0.4 is 5.73 Å². The van der Waals surface area contributed by atoms with Crippen molar-refractivity contribution in [1.82, 2.24) is 10.2 Å². The molecule has 0 spiro atoms. The number of nitrogens with zero attached hydrogens (tertiary/aromatic N) is 1. The van der Waals surface area contributed by atoms with E-state index in [1.807, 2.05) is 12.4 Å². The van der Waals surface area contributed by atoms with Gasteiger partial charge < -0.3 is 5.73 Å². The van der Waals surface area contributed by atoms with Gasteiger partial charge in [0, 0.05) is 6.20 Å². The molecular formula is C6H11N3. The fraction of sp³-hybridized carbons (Fsp3) is 0.500. The van der Waals surface area contributed by atoms with E-state index >= 15 is 0 Å². The van der Waals surface area contributed by atoms with Gasteiger partial charge >= 0.3 is 0 Å². The zero-order chi connectivity index (χ0) is 6.53. The molecule has 50 valence electrons. The molecular weight excluding hydrogens is 114 g/mol. The second kappa shape index (κ2) is 3.25. The smallest absolute Gasteiger partial charge is 0.0519 e. The highest BCUT2D eigenvalue weighted by Crippen LogP contribution is 1.96. The van der Waals surface area contributed by atoms with Gasteiger partial charge in [-0.15, -0.1) is 0 Å². The molecule has 1 aromatic rings. The topological polar surface area (TPSA) is 54.7 Å². The van der Waals surface area contributed by atoms with E-state index in [2.05, 4.69) is 10.2 Å². The number of aromatic nitrogens is 2. The number of rotatable bonds is 3. The summed E-state index contributed by atoms with van der Waals surface area (Å²) in [6.45, 7) is 0.755. The molecule has 0 aromatic carbocycles. The summed E-state index contributed by atoms with van der Waals surface area (Å²) in [5, 5.41) is 6.56. The number of H-pyrrole nitrogens is 1. The largest absolute Gasteiger partial charge is 0.330 e. The number of nitrogens with two attached hydrogens (primary N) is 1. The van der Waals surface area contributed by atoms with Gasteiger partial charge in [0.2, 0.25) is 0 Å². The van der Waals surface area contributed by atoms with Crippen molar-refractivity contribution in [3.05, 3.63) is 18.0 Å². The first-order valence-corrected chi connectivity index (χ1v) is 3.11. The average Bonchev–Trinajstić information content (AvgIpc) is 2.34. The van der Waals surface area contributed by atoms with Crippen LogP contribution in [0.4, 0.5) is 0 Å². The van der Waals surface area contributed by atoms with Crippen LogP contribution >= 0.6 is 0 Å². The molecule has 0 amide bonds. The van der Waals surface area contributed by atoms with Gasteiger partial charge in [-0.1, -0.05) is 0 Å². The van der Waals surface area contributed by atoms with Crippen LogP contribution in [0.25, 0.3) is 0 Å². The van der Waals surface area contributed by atoms with Gasteiger partial charge in [-0.2, -0.15) is 5.10 Å². The van der Waals surface area contributed by atoms with Crippen LogP contribution in [0.2, 0.25) is 0 Å². The lowest BCUT2D eigenvalue weighted by molar-refractivity contribution is 0.833. The molecule has 0 bridgehead atoms. The minimum Gasteiger partial charge on any atom is -0.330 e. The lowest BCUT2D eigenvalue weighted by Crippen LogP contribution is -1.99. The fourth-order valence-electron chi connectivity index (χ4n) is 0.721. The number of nitrogens with one attached hydrogen (secondary N) is 1. The molecule has 0 unspecified atom stereocenters. The molecule has 0 aliphatic carbocycles. The Morgan fingerprint density at radius 1 is 1.67 bits per heavy atom. The highest BCUT2D eigenvalue weighted by Gasteiger charge is 1.89. The molecule has 0 saturated heterocycles. The molecule has 1 aromatic heterocycles. The molecule has 1 rings (SSSR count). The summed E-state index contributed by atoms with van der Waals surface area (Å²) in [5.74, 6) is 0. The molecule has 0 atom stereocenters. The van der Waals surface area contributed by atoms with Crippen LogP contribution in [0.1, 0.15) is 12.0 Å². The summed E-state index contributed by atoms with van der Waals surface area (Å²) < 4.78 is 0. The van der Waals surface area contributed by atoms with E-state index in [0.29, 0.717) is 0 Å². The van der Waals surface area contributed by atoms with Crippen molar-refractivity contribution < 1.29 is 0 Å². The van der Waals surface area contributed by atoms with Gasteiger partial charge in [0.1, 0.15) is 0 Å². The Morgan fingerprint density at radius 2 is 2.56 bits per heavy atom. The average molecular weight is 125 g/mol. The van der Waals surface area contributed by atoms with Gasteiger partial charge in [-0.3, -0.25) is 5.10 Å². The second-order valence-electron chi connectivity index (χ2n) is 2.00. The van der Waals surface area contributed by atoms with E-state index in [4.69, 9.17) is 5.73 Å². The first kappa shape index (κ1) is 6.29. The second-order valence-corrected chi connectivity index (χ2v) is 2.00. The maximum absolute atomic E-state index is 5.31. The summed E-state index contributed by atoms with van der Waals surface area (Å²) in [7, 11) is 0. The van der Waals surface area contributed by atoms with Crippen LogP contribution in [-0.2, 0) is 6.42 Å². The van der Waals surface area contributed by atoms with Crippen molar-refractivity contribution in [2.45, 2.75) is 12.8 Å². The van der Waals surface area contributed by atoms with Crippen molar-refractivity contribution in [3.63, 3.8) is 0 Å². The normalized spacial score (nSPS) is 9.89. The zero-order valence-corrected chi connectivity index (χ0v) is 5.30. The SMILES string of the molecule is NCCCc1cn[nH]c1. The minimum atomic E-state index is 0.755. The van der Waals surface area contributed by atoms with Gasteiger partial charge in [0.15, 0.2) is 0 Å². The Labute approximate surface area is 54.3 Å². The molecule has 9 heavy (non-hydrogen) atoms. The molecule has 0 saturated carbocycles. The molecule has 1 heterocycles. The first-order valence-electron chi connectivity index (χ1n) is 3.11. The molecule has 3 nitrogen and oxygen atoms in total. The third-order valence-corrected chi connectivity index (χ3v) is 1.22. The summed E-state index contributed by atoms with van der Waals surface area (Å²) in [6.07, 6.45) is 5.80. The van der Waals surface area contributed by atoms with Gasteiger partial charge in [-0.05, 0) is 24.9 Å². The Hall–Kier alpha value is -0.830. The minimum absolute atomic E-state index is 0.755. The maximum atomic E-state index is 5.31. The summed E-state index contributed by atoms with van der Waals surface area (Å²) in [6, 6.07) is 0. The maximum Gasteiger partial charge on any atom is 0.0519 e. The van der Waals surface area contributed by atoms with E-state index in [9.17, 15) is 0 Å². The monoisotopic (exact) mass is 125 g/mol. The van der Waals surface area contributed by atoms with Gasteiger partial charge in [0.05, 0.1) is 6.20 Å². The Balaban J connectivity index is 2.30. The Morgan fingerprint density at radius 3 is 3.11 bits per heavy atom. The summed E-state index contributed by atoms with van der Waals surface area (Å²) in [4.78, 5) is 0. The van der Waals surface area contributed by atoms with Crippen LogP contribution in [-0.4, -0.2) is 16.7 Å². The van der Waals surface area contributed by atoms with Gasteiger partial charge in [0.25, 0.3) is 0 Å². The van der Waals surface area contributed by atoms with Crippen LogP contribution in [0, 0.1) is 0 Å². The van der Waals surface area contributed by atoms with Crippen molar-refractivity contribution in [1.29, 1.82) is 0 Å². The Bertz CT molecular complexity index is 145. The standard InChI is InChI=1S/C6H11N3/c7-3-1-2-6-4-8-9-5-6/h4-5H,1-3,7H2,(H,8,9). The zero-order valence-electron chi connectivity index (χ0n) is 5.30. The van der Waals surface area contributed by atoms with E-state index < -0.39 is 0 Å². The molecule has 3 N–H and O–H groups in total. The Kier molecular flexibility index (Phi) is 2.27. The highest BCUT2D eigenvalue weighted by atomic mass is 15.1. The van der Waals surface area contributed by atoms with Crippen LogP contribution in [0.3, 0.4) is 0 Å². The van der Waals surface area contributed by atoms with Crippen molar-refractivity contribution in [2.75, 3.05) is 6.54 Å². The third kappa shape index (κ3) is 1.85. The van der Waals surface area contributed by atoms with E-state index in [0.717, 1.165) is 19.4 Å². The van der Waals surface area contributed by atoms with Crippen molar-refractivity contribution in [2.24, 2.45) is 5.73 Å². The predicted octanol–water partition coefficient (Wildman–Crippen LogP) is 0.301. The van der Waals surface area contributed by atoms with E-state index in [1.54, 1.807) is 0 Å². The quantitative estimate of drug-likeness (QED) is 0.610. The molecule has 0 fully saturated rings. The first-order chi connectivity index (χ1) is 4.43. The van der Waals surface area contributed by atoms with Crippen LogP contribution in [0.5, 0.6) is 0 Å². The summed E-state index contributed by atoms with van der Waals surface area (Å²) >= 11 is 0. The van der Waals surface area contributed by atoms with Crippen molar-refractivity contribution in [3.8, 4) is 0 Å². The lowest BCUT2D eigenvalue weighted by Gasteiger charge is -1.89. The van der Waals surface area contributed by atoms with Gasteiger partial charge in [-0.25, -0.2) is 0 Å². The summed E-state index contributed by atoms with van der Waals surface area (Å²) in [5.41, 5.74) is 6.55. The number of hydrogen-bond donors (Lipinski definition) is 2. The lowest BCUT2D eigenvalue weighted by atomic mass is 10.2. The molecule has 3 heteroatoms. The highest BCUT2D eigenvalue weighted by molar-refractivity contribution is 5.01. The molecule has 0 aliphatic rings. The number of aryl methyl sites for hydroxylation is 1. The van der Waals surface area contributed by atoms with Crippen molar-refractivity contribution >= 4 is 0 Å². The predicted molar refractivity (Wildman–Crippen MR) is 36.0 cm³/mol. The molecule has 0 radical (unpaired) electrons. The molecule has 0 aliphatic heterocycles. The van der Waals surface area contributed by atoms with E-state index in [1.165, 1.54) is 5.56 Å². The number of hydrogen-bond acceptors (Lipinski definition) is 2. The fourth-order valence-corrected chi connectivity index (χ4v) is 0.721. The van der Waals surface area contributed by atoms with E-state index in [-0.39, 0.29) is 0 Å². The number of aromatic amines is 1. The van der Waals surface area contributed by atoms with Crippen LogP contribution in [0.15, 0.2) is 12.4 Å². The third-order valence-electron chi connectivity index (χ3n) is 1.22.